The number of ether oxygens (including phenoxy) is 1. The lowest BCUT2D eigenvalue weighted by Gasteiger charge is -2.33. The van der Waals surface area contributed by atoms with Gasteiger partial charge in [-0.2, -0.15) is 0 Å². The minimum Gasteiger partial charge on any atom is -0.369 e. The van der Waals surface area contributed by atoms with Crippen LogP contribution in [0.15, 0.2) is 18.2 Å². The van der Waals surface area contributed by atoms with E-state index in [1.54, 1.807) is 0 Å². The summed E-state index contributed by atoms with van der Waals surface area (Å²) in [5, 5.41) is 3.52. The molecule has 2 unspecified atom stereocenters. The SMILES string of the molecule is CNC(c1ccc(C)c(C)c1)C1CC(C)(C)OC1(C)C. The summed E-state index contributed by atoms with van der Waals surface area (Å²) >= 11 is 0. The van der Waals surface area contributed by atoms with Gasteiger partial charge in [0.2, 0.25) is 0 Å². The third-order valence-corrected chi connectivity index (χ3v) is 4.75. The summed E-state index contributed by atoms with van der Waals surface area (Å²) in [5.74, 6) is 0.476. The molecule has 0 spiro atoms. The molecule has 0 bridgehead atoms. The number of rotatable bonds is 3. The molecule has 0 saturated carbocycles. The van der Waals surface area contributed by atoms with Crippen LogP contribution in [0.2, 0.25) is 0 Å². The Kier molecular flexibility index (Phi) is 4.01. The molecule has 2 rings (SSSR count). The number of benzene rings is 1. The van der Waals surface area contributed by atoms with E-state index in [2.05, 4.69) is 72.1 Å². The van der Waals surface area contributed by atoms with E-state index < -0.39 is 0 Å². The average molecular weight is 275 g/mol. The van der Waals surface area contributed by atoms with Crippen molar-refractivity contribution in [2.75, 3.05) is 7.05 Å². The zero-order chi connectivity index (χ0) is 15.1. The number of aryl methyl sites for hydroxylation is 2. The Morgan fingerprint density at radius 1 is 1.15 bits per heavy atom. The van der Waals surface area contributed by atoms with Gasteiger partial charge in [0.25, 0.3) is 0 Å². The predicted molar refractivity (Wildman–Crippen MR) is 85.1 cm³/mol. The van der Waals surface area contributed by atoms with Crippen LogP contribution in [-0.2, 0) is 4.74 Å². The quantitative estimate of drug-likeness (QED) is 0.894. The van der Waals surface area contributed by atoms with Gasteiger partial charge < -0.3 is 10.1 Å². The Labute approximate surface area is 123 Å². The first-order chi connectivity index (χ1) is 9.16. The van der Waals surface area contributed by atoms with Gasteiger partial charge in [-0.1, -0.05) is 18.2 Å². The second kappa shape index (κ2) is 5.16. The largest absolute Gasteiger partial charge is 0.369 e. The zero-order valence-corrected chi connectivity index (χ0v) is 14.0. The molecule has 1 aliphatic heterocycles. The maximum absolute atomic E-state index is 6.27. The van der Waals surface area contributed by atoms with Crippen molar-refractivity contribution in [2.24, 2.45) is 5.92 Å². The van der Waals surface area contributed by atoms with Crippen LogP contribution in [0, 0.1) is 19.8 Å². The smallest absolute Gasteiger partial charge is 0.0681 e. The van der Waals surface area contributed by atoms with E-state index in [1.807, 2.05) is 0 Å². The van der Waals surface area contributed by atoms with Crippen LogP contribution in [0.1, 0.15) is 56.8 Å². The van der Waals surface area contributed by atoms with Crippen molar-refractivity contribution in [3.63, 3.8) is 0 Å². The molecule has 1 aliphatic rings. The number of hydrogen-bond donors (Lipinski definition) is 1. The highest BCUT2D eigenvalue weighted by Crippen LogP contribution is 2.47. The highest BCUT2D eigenvalue weighted by molar-refractivity contribution is 5.32. The molecule has 0 amide bonds. The van der Waals surface area contributed by atoms with Crippen LogP contribution in [0.25, 0.3) is 0 Å². The fourth-order valence-corrected chi connectivity index (χ4v) is 3.68. The fraction of sp³-hybridized carbons (Fsp3) is 0.667. The minimum atomic E-state index is -0.101. The summed E-state index contributed by atoms with van der Waals surface area (Å²) < 4.78 is 6.27. The molecule has 1 aromatic rings. The summed E-state index contributed by atoms with van der Waals surface area (Å²) in [6.45, 7) is 13.2. The van der Waals surface area contributed by atoms with Crippen molar-refractivity contribution in [3.05, 3.63) is 34.9 Å². The molecule has 1 aromatic carbocycles. The van der Waals surface area contributed by atoms with E-state index in [9.17, 15) is 0 Å². The minimum absolute atomic E-state index is 0.0387. The van der Waals surface area contributed by atoms with Crippen LogP contribution < -0.4 is 5.32 Å². The molecular formula is C18H29NO. The summed E-state index contributed by atoms with van der Waals surface area (Å²) in [7, 11) is 2.06. The molecule has 2 nitrogen and oxygen atoms in total. The third kappa shape index (κ3) is 2.91. The van der Waals surface area contributed by atoms with Crippen LogP contribution >= 0.6 is 0 Å². The second-order valence-corrected chi connectivity index (χ2v) is 7.39. The van der Waals surface area contributed by atoms with Gasteiger partial charge in [0.15, 0.2) is 0 Å². The Balaban J connectivity index is 2.35. The summed E-state index contributed by atoms with van der Waals surface area (Å²) in [6, 6.07) is 7.14. The van der Waals surface area contributed by atoms with Gasteiger partial charge in [0, 0.05) is 12.0 Å². The average Bonchev–Trinajstić information content (AvgIpc) is 2.53. The Morgan fingerprint density at radius 3 is 2.25 bits per heavy atom. The molecule has 0 aliphatic carbocycles. The first kappa shape index (κ1) is 15.5. The first-order valence-corrected chi connectivity index (χ1v) is 7.61. The van der Waals surface area contributed by atoms with Gasteiger partial charge in [0.1, 0.15) is 0 Å². The fourth-order valence-electron chi connectivity index (χ4n) is 3.68. The van der Waals surface area contributed by atoms with Crippen molar-refractivity contribution in [1.29, 1.82) is 0 Å². The van der Waals surface area contributed by atoms with Gasteiger partial charge >= 0.3 is 0 Å². The van der Waals surface area contributed by atoms with Gasteiger partial charge in [-0.05, 0) is 71.7 Å². The number of nitrogens with one attached hydrogen (secondary N) is 1. The van der Waals surface area contributed by atoms with E-state index in [-0.39, 0.29) is 11.2 Å². The third-order valence-electron chi connectivity index (χ3n) is 4.75. The molecule has 1 fully saturated rings. The molecule has 112 valence electrons. The van der Waals surface area contributed by atoms with Crippen LogP contribution in [0.3, 0.4) is 0 Å². The number of hydrogen-bond acceptors (Lipinski definition) is 2. The van der Waals surface area contributed by atoms with Crippen molar-refractivity contribution < 1.29 is 4.74 Å². The van der Waals surface area contributed by atoms with Crippen molar-refractivity contribution in [1.82, 2.24) is 5.32 Å². The standard InChI is InChI=1S/C18H29NO/c1-12-8-9-14(10-13(12)2)16(19-7)15-11-17(3,4)20-18(15,5)6/h8-10,15-16,19H,11H2,1-7H3. The lowest BCUT2D eigenvalue weighted by molar-refractivity contribution is -0.0776. The summed E-state index contributed by atoms with van der Waals surface area (Å²) in [6.07, 6.45) is 1.08. The van der Waals surface area contributed by atoms with E-state index >= 15 is 0 Å². The van der Waals surface area contributed by atoms with E-state index in [0.717, 1.165) is 6.42 Å². The van der Waals surface area contributed by atoms with Crippen LogP contribution in [0.5, 0.6) is 0 Å². The maximum Gasteiger partial charge on any atom is 0.0681 e. The molecule has 1 N–H and O–H groups in total. The van der Waals surface area contributed by atoms with E-state index in [4.69, 9.17) is 4.74 Å². The van der Waals surface area contributed by atoms with Gasteiger partial charge in [-0.3, -0.25) is 0 Å². The molecule has 1 saturated heterocycles. The Morgan fingerprint density at radius 2 is 1.80 bits per heavy atom. The second-order valence-electron chi connectivity index (χ2n) is 7.39. The lowest BCUT2D eigenvalue weighted by atomic mass is 9.78. The normalized spacial score (nSPS) is 25.6. The summed E-state index contributed by atoms with van der Waals surface area (Å²) in [5.41, 5.74) is 3.94. The van der Waals surface area contributed by atoms with Gasteiger partial charge in [-0.25, -0.2) is 0 Å². The van der Waals surface area contributed by atoms with Crippen molar-refractivity contribution in [3.8, 4) is 0 Å². The Hall–Kier alpha value is -0.860. The summed E-state index contributed by atoms with van der Waals surface area (Å²) in [4.78, 5) is 0. The molecule has 0 aromatic heterocycles. The van der Waals surface area contributed by atoms with Crippen LogP contribution in [-0.4, -0.2) is 18.2 Å². The zero-order valence-electron chi connectivity index (χ0n) is 14.0. The topological polar surface area (TPSA) is 21.3 Å². The molecule has 2 heteroatoms. The Bertz CT molecular complexity index is 490. The van der Waals surface area contributed by atoms with Gasteiger partial charge in [0.05, 0.1) is 11.2 Å². The van der Waals surface area contributed by atoms with Crippen molar-refractivity contribution in [2.45, 2.75) is 65.2 Å². The maximum atomic E-state index is 6.27. The lowest BCUT2D eigenvalue weighted by Crippen LogP contribution is -2.37. The molecule has 20 heavy (non-hydrogen) atoms. The van der Waals surface area contributed by atoms with Crippen LogP contribution in [0.4, 0.5) is 0 Å². The van der Waals surface area contributed by atoms with Gasteiger partial charge in [-0.15, -0.1) is 0 Å². The predicted octanol–water partition coefficient (Wildman–Crippen LogP) is 4.16. The highest BCUT2D eigenvalue weighted by atomic mass is 16.5. The first-order valence-electron chi connectivity index (χ1n) is 7.61. The molecular weight excluding hydrogens is 246 g/mol. The molecule has 2 atom stereocenters. The monoisotopic (exact) mass is 275 g/mol. The molecule has 1 heterocycles. The van der Waals surface area contributed by atoms with Crippen molar-refractivity contribution >= 4 is 0 Å². The van der Waals surface area contributed by atoms with E-state index in [0.29, 0.717) is 12.0 Å². The van der Waals surface area contributed by atoms with E-state index in [1.165, 1.54) is 16.7 Å². The highest BCUT2D eigenvalue weighted by Gasteiger charge is 2.49. The molecule has 0 radical (unpaired) electrons.